The van der Waals surface area contributed by atoms with Gasteiger partial charge in [0.2, 0.25) is 0 Å². The summed E-state index contributed by atoms with van der Waals surface area (Å²) in [5, 5.41) is 19.1. The lowest BCUT2D eigenvalue weighted by Gasteiger charge is -2.43. The minimum Gasteiger partial charge on any atom is -0.344 e. The standard InChI is InChI=1S/C28H17N3/c1-31-26-8-4-2-6-24(26)28(25-7-3-5-9-27(25)31)22-12-10-18(16-29)14-20(22)21-15-19(17-30)11-13-23(21)28/h2-15H,1H3. The number of nitriles is 2. The Kier molecular flexibility index (Phi) is 3.43. The fourth-order valence-electron chi connectivity index (χ4n) is 5.49. The van der Waals surface area contributed by atoms with Gasteiger partial charge in [0.05, 0.1) is 28.7 Å². The molecular weight excluding hydrogens is 378 g/mol. The van der Waals surface area contributed by atoms with Gasteiger partial charge in [-0.05, 0) is 69.8 Å². The number of anilines is 2. The fourth-order valence-corrected chi connectivity index (χ4v) is 5.49. The Morgan fingerprint density at radius 1 is 0.613 bits per heavy atom. The Labute approximate surface area is 181 Å². The van der Waals surface area contributed by atoms with Gasteiger partial charge in [0, 0.05) is 18.4 Å². The zero-order valence-electron chi connectivity index (χ0n) is 16.9. The first-order valence-corrected chi connectivity index (χ1v) is 10.2. The fraction of sp³-hybridized carbons (Fsp3) is 0.0714. The number of fused-ring (bicyclic) bond motifs is 9. The van der Waals surface area contributed by atoms with Crippen molar-refractivity contribution in [2.75, 3.05) is 11.9 Å². The van der Waals surface area contributed by atoms with E-state index in [1.807, 2.05) is 24.3 Å². The van der Waals surface area contributed by atoms with Gasteiger partial charge in [-0.3, -0.25) is 0 Å². The van der Waals surface area contributed by atoms with E-state index >= 15 is 0 Å². The summed E-state index contributed by atoms with van der Waals surface area (Å²) in [5.41, 5.74) is 9.87. The summed E-state index contributed by atoms with van der Waals surface area (Å²) in [4.78, 5) is 2.25. The average Bonchev–Trinajstić information content (AvgIpc) is 3.12. The van der Waals surface area contributed by atoms with Crippen molar-refractivity contribution in [3.05, 3.63) is 118 Å². The first-order valence-electron chi connectivity index (χ1n) is 10.2. The SMILES string of the molecule is CN1c2ccccc2C2(c3ccc(C#N)cc3-c3cc(C#N)ccc32)c2ccccc21. The van der Waals surface area contributed by atoms with E-state index in [0.29, 0.717) is 11.1 Å². The van der Waals surface area contributed by atoms with Gasteiger partial charge in [0.25, 0.3) is 0 Å². The van der Waals surface area contributed by atoms with E-state index in [-0.39, 0.29) is 0 Å². The van der Waals surface area contributed by atoms with Crippen LogP contribution in [0.2, 0.25) is 0 Å². The number of hydrogen-bond acceptors (Lipinski definition) is 3. The smallest absolute Gasteiger partial charge is 0.0991 e. The van der Waals surface area contributed by atoms with Crippen molar-refractivity contribution in [3.63, 3.8) is 0 Å². The molecule has 0 N–H and O–H groups in total. The second-order valence-corrected chi connectivity index (χ2v) is 8.09. The topological polar surface area (TPSA) is 50.8 Å². The lowest BCUT2D eigenvalue weighted by atomic mass is 9.65. The van der Waals surface area contributed by atoms with Crippen LogP contribution in [0.4, 0.5) is 11.4 Å². The molecule has 1 heterocycles. The number of nitrogens with zero attached hydrogens (tertiary/aromatic N) is 3. The van der Waals surface area contributed by atoms with E-state index in [2.05, 4.69) is 84.7 Å². The summed E-state index contributed by atoms with van der Waals surface area (Å²) < 4.78 is 0. The molecule has 0 fully saturated rings. The van der Waals surface area contributed by atoms with Gasteiger partial charge in [0.15, 0.2) is 0 Å². The molecule has 1 aliphatic carbocycles. The van der Waals surface area contributed by atoms with E-state index in [1.54, 1.807) is 0 Å². The van der Waals surface area contributed by atoms with Gasteiger partial charge in [-0.2, -0.15) is 10.5 Å². The van der Waals surface area contributed by atoms with Crippen LogP contribution in [-0.4, -0.2) is 7.05 Å². The van der Waals surface area contributed by atoms with Crippen LogP contribution in [-0.2, 0) is 5.41 Å². The first kappa shape index (κ1) is 17.5. The van der Waals surface area contributed by atoms with Crippen LogP contribution in [0.1, 0.15) is 33.4 Å². The van der Waals surface area contributed by atoms with E-state index in [9.17, 15) is 10.5 Å². The molecule has 2 aliphatic rings. The highest BCUT2D eigenvalue weighted by molar-refractivity contribution is 5.93. The van der Waals surface area contributed by atoms with Gasteiger partial charge in [-0.1, -0.05) is 48.5 Å². The Balaban J connectivity index is 1.85. The third kappa shape index (κ3) is 2.05. The van der Waals surface area contributed by atoms with Crippen molar-refractivity contribution in [2.24, 2.45) is 0 Å². The zero-order valence-corrected chi connectivity index (χ0v) is 16.9. The zero-order chi connectivity index (χ0) is 21.2. The van der Waals surface area contributed by atoms with Crippen LogP contribution >= 0.6 is 0 Å². The van der Waals surface area contributed by atoms with Gasteiger partial charge >= 0.3 is 0 Å². The lowest BCUT2D eigenvalue weighted by molar-refractivity contribution is 0.748. The Morgan fingerprint density at radius 2 is 1.06 bits per heavy atom. The quantitative estimate of drug-likeness (QED) is 0.329. The Hall–Kier alpha value is -4.34. The maximum absolute atomic E-state index is 9.56. The van der Waals surface area contributed by atoms with Gasteiger partial charge in [0.1, 0.15) is 0 Å². The largest absolute Gasteiger partial charge is 0.344 e. The van der Waals surface area contributed by atoms with Gasteiger partial charge in [-0.25, -0.2) is 0 Å². The normalized spacial score (nSPS) is 14.1. The Bertz CT molecular complexity index is 1370. The van der Waals surface area contributed by atoms with Crippen LogP contribution in [0.3, 0.4) is 0 Å². The summed E-state index contributed by atoms with van der Waals surface area (Å²) in [7, 11) is 2.11. The molecule has 31 heavy (non-hydrogen) atoms. The van der Waals surface area contributed by atoms with Crippen molar-refractivity contribution in [2.45, 2.75) is 5.41 Å². The number of benzene rings is 4. The maximum atomic E-state index is 9.56. The molecule has 0 unspecified atom stereocenters. The highest BCUT2D eigenvalue weighted by Crippen LogP contribution is 2.62. The number of para-hydroxylation sites is 2. The summed E-state index contributed by atoms with van der Waals surface area (Å²) in [6.07, 6.45) is 0. The molecule has 0 radical (unpaired) electrons. The van der Waals surface area contributed by atoms with E-state index in [0.717, 1.165) is 33.6 Å². The molecule has 6 rings (SSSR count). The highest BCUT2D eigenvalue weighted by atomic mass is 15.1. The molecule has 4 aromatic carbocycles. The summed E-state index contributed by atoms with van der Waals surface area (Å²) >= 11 is 0. The monoisotopic (exact) mass is 395 g/mol. The second-order valence-electron chi connectivity index (χ2n) is 8.09. The van der Waals surface area contributed by atoms with Gasteiger partial charge in [-0.15, -0.1) is 0 Å². The van der Waals surface area contributed by atoms with Gasteiger partial charge < -0.3 is 4.90 Å². The van der Waals surface area contributed by atoms with Crippen molar-refractivity contribution in [1.29, 1.82) is 10.5 Å². The number of rotatable bonds is 0. The molecule has 0 aromatic heterocycles. The first-order chi connectivity index (χ1) is 15.2. The highest BCUT2D eigenvalue weighted by Gasteiger charge is 2.51. The summed E-state index contributed by atoms with van der Waals surface area (Å²) in [6.45, 7) is 0. The molecule has 1 aliphatic heterocycles. The number of hydrogen-bond donors (Lipinski definition) is 0. The second kappa shape index (κ2) is 6.08. The molecule has 144 valence electrons. The van der Waals surface area contributed by atoms with Crippen molar-refractivity contribution in [3.8, 4) is 23.3 Å². The van der Waals surface area contributed by atoms with Crippen LogP contribution in [0.15, 0.2) is 84.9 Å². The molecule has 0 saturated carbocycles. The molecule has 0 atom stereocenters. The minimum absolute atomic E-state index is 0.494. The lowest BCUT2D eigenvalue weighted by Crippen LogP contribution is -2.36. The predicted molar refractivity (Wildman–Crippen MR) is 121 cm³/mol. The molecule has 0 bridgehead atoms. The third-order valence-corrected chi connectivity index (χ3v) is 6.73. The van der Waals surface area contributed by atoms with Crippen molar-refractivity contribution >= 4 is 11.4 Å². The van der Waals surface area contributed by atoms with E-state index < -0.39 is 5.41 Å². The van der Waals surface area contributed by atoms with Crippen LogP contribution < -0.4 is 4.90 Å². The van der Waals surface area contributed by atoms with Crippen molar-refractivity contribution in [1.82, 2.24) is 0 Å². The molecule has 3 heteroatoms. The molecule has 0 saturated heterocycles. The maximum Gasteiger partial charge on any atom is 0.0991 e. The van der Waals surface area contributed by atoms with Crippen LogP contribution in [0.5, 0.6) is 0 Å². The Morgan fingerprint density at radius 3 is 1.52 bits per heavy atom. The molecular formula is C28H17N3. The molecule has 4 aromatic rings. The molecule has 0 amide bonds. The molecule has 1 spiro atoms. The van der Waals surface area contributed by atoms with Crippen molar-refractivity contribution < 1.29 is 0 Å². The average molecular weight is 395 g/mol. The predicted octanol–water partition coefficient (Wildman–Crippen LogP) is 5.87. The van der Waals surface area contributed by atoms with E-state index in [4.69, 9.17) is 0 Å². The van der Waals surface area contributed by atoms with Crippen LogP contribution in [0, 0.1) is 22.7 Å². The third-order valence-electron chi connectivity index (χ3n) is 6.73. The summed E-state index contributed by atoms with van der Waals surface area (Å²) in [5.74, 6) is 0. The van der Waals surface area contributed by atoms with Crippen LogP contribution in [0.25, 0.3) is 11.1 Å². The molecule has 3 nitrogen and oxygen atoms in total. The van der Waals surface area contributed by atoms with E-state index in [1.165, 1.54) is 11.1 Å². The minimum atomic E-state index is -0.494. The summed E-state index contributed by atoms with van der Waals surface area (Å²) in [6, 6.07) is 33.6.